The quantitative estimate of drug-likeness (QED) is 0.725. The Hall–Kier alpha value is -0.323. The maximum Gasteiger partial charge on any atom is 0.192 e. The lowest BCUT2D eigenvalue weighted by atomic mass is 10.2. The van der Waals surface area contributed by atoms with Gasteiger partial charge in [0.2, 0.25) is 0 Å². The van der Waals surface area contributed by atoms with E-state index >= 15 is 0 Å². The van der Waals surface area contributed by atoms with Crippen LogP contribution in [0.25, 0.3) is 0 Å². The SMILES string of the molecule is COc1ccc(Br)c(CO[Si](C)(C)C(C)(C)C)c1. The van der Waals surface area contributed by atoms with Gasteiger partial charge in [-0.05, 0) is 41.9 Å². The molecule has 0 aliphatic heterocycles. The lowest BCUT2D eigenvalue weighted by Crippen LogP contribution is -2.40. The third kappa shape index (κ3) is 3.83. The van der Waals surface area contributed by atoms with Gasteiger partial charge in [-0.15, -0.1) is 0 Å². The van der Waals surface area contributed by atoms with Crippen molar-refractivity contribution in [3.63, 3.8) is 0 Å². The zero-order valence-corrected chi connectivity index (χ0v) is 14.7. The first kappa shape index (κ1) is 15.7. The van der Waals surface area contributed by atoms with E-state index in [2.05, 4.69) is 49.8 Å². The predicted octanol–water partition coefficient (Wildman–Crippen LogP) is 4.98. The Balaban J connectivity index is 2.80. The molecule has 0 saturated heterocycles. The van der Waals surface area contributed by atoms with E-state index in [1.165, 1.54) is 0 Å². The molecule has 0 fully saturated rings. The summed E-state index contributed by atoms with van der Waals surface area (Å²) in [4.78, 5) is 0. The van der Waals surface area contributed by atoms with Crippen LogP contribution in [0.4, 0.5) is 0 Å². The van der Waals surface area contributed by atoms with Crippen LogP contribution in [-0.4, -0.2) is 15.4 Å². The van der Waals surface area contributed by atoms with Gasteiger partial charge in [-0.2, -0.15) is 0 Å². The van der Waals surface area contributed by atoms with Crippen LogP contribution in [0.1, 0.15) is 26.3 Å². The highest BCUT2D eigenvalue weighted by Crippen LogP contribution is 2.37. The van der Waals surface area contributed by atoms with Crippen molar-refractivity contribution in [3.05, 3.63) is 28.2 Å². The van der Waals surface area contributed by atoms with Gasteiger partial charge in [0.1, 0.15) is 5.75 Å². The number of halogens is 1. The topological polar surface area (TPSA) is 18.5 Å². The lowest BCUT2D eigenvalue weighted by Gasteiger charge is -2.36. The summed E-state index contributed by atoms with van der Waals surface area (Å²) in [6.45, 7) is 11.9. The summed E-state index contributed by atoms with van der Waals surface area (Å²) < 4.78 is 12.5. The molecule has 0 aliphatic rings. The predicted molar refractivity (Wildman–Crippen MR) is 82.7 cm³/mol. The van der Waals surface area contributed by atoms with Gasteiger partial charge < -0.3 is 9.16 Å². The van der Waals surface area contributed by atoms with Crippen molar-refractivity contribution >= 4 is 24.2 Å². The molecular formula is C14H23BrO2Si. The average Bonchev–Trinajstić information content (AvgIpc) is 2.26. The van der Waals surface area contributed by atoms with Crippen molar-refractivity contribution < 1.29 is 9.16 Å². The fraction of sp³-hybridized carbons (Fsp3) is 0.571. The molecule has 18 heavy (non-hydrogen) atoms. The van der Waals surface area contributed by atoms with Crippen molar-refractivity contribution in [1.82, 2.24) is 0 Å². The van der Waals surface area contributed by atoms with Gasteiger partial charge in [0.15, 0.2) is 8.32 Å². The van der Waals surface area contributed by atoms with Gasteiger partial charge in [0.05, 0.1) is 13.7 Å². The molecule has 0 saturated carbocycles. The first-order valence-corrected chi connectivity index (χ1v) is 9.84. The molecular weight excluding hydrogens is 308 g/mol. The third-order valence-electron chi connectivity index (χ3n) is 3.65. The van der Waals surface area contributed by atoms with Gasteiger partial charge in [-0.1, -0.05) is 36.7 Å². The van der Waals surface area contributed by atoms with Crippen LogP contribution in [-0.2, 0) is 11.0 Å². The monoisotopic (exact) mass is 330 g/mol. The van der Waals surface area contributed by atoms with Crippen molar-refractivity contribution in [2.24, 2.45) is 0 Å². The fourth-order valence-electron chi connectivity index (χ4n) is 1.26. The second-order valence-electron chi connectivity index (χ2n) is 6.01. The Labute approximate surface area is 120 Å². The van der Waals surface area contributed by atoms with Crippen LogP contribution >= 0.6 is 15.9 Å². The lowest BCUT2D eigenvalue weighted by molar-refractivity contribution is 0.275. The maximum absolute atomic E-state index is 6.21. The minimum atomic E-state index is -1.70. The van der Waals surface area contributed by atoms with Crippen LogP contribution in [0.15, 0.2) is 22.7 Å². The Kier molecular flexibility index (Phi) is 5.03. The van der Waals surface area contributed by atoms with Crippen LogP contribution < -0.4 is 4.74 Å². The summed E-state index contributed by atoms with van der Waals surface area (Å²) in [6.07, 6.45) is 0. The molecule has 0 unspecified atom stereocenters. The minimum absolute atomic E-state index is 0.234. The maximum atomic E-state index is 6.21. The summed E-state index contributed by atoms with van der Waals surface area (Å²) in [7, 11) is -0.0176. The molecule has 1 aromatic carbocycles. The number of methoxy groups -OCH3 is 1. The molecule has 1 aromatic rings. The molecule has 1 rings (SSSR count). The Morgan fingerprint density at radius 2 is 1.83 bits per heavy atom. The zero-order valence-electron chi connectivity index (χ0n) is 12.1. The Morgan fingerprint density at radius 1 is 1.22 bits per heavy atom. The van der Waals surface area contributed by atoms with Gasteiger partial charge in [-0.25, -0.2) is 0 Å². The van der Waals surface area contributed by atoms with E-state index < -0.39 is 8.32 Å². The molecule has 0 N–H and O–H groups in total. The van der Waals surface area contributed by atoms with Crippen molar-refractivity contribution in [2.45, 2.75) is 45.5 Å². The van der Waals surface area contributed by atoms with E-state index in [0.717, 1.165) is 15.8 Å². The number of benzene rings is 1. The molecule has 0 spiro atoms. The van der Waals surface area contributed by atoms with Gasteiger partial charge >= 0.3 is 0 Å². The summed E-state index contributed by atoms with van der Waals surface area (Å²) in [5.74, 6) is 0.868. The molecule has 0 aliphatic carbocycles. The molecule has 0 bridgehead atoms. The summed E-state index contributed by atoms with van der Waals surface area (Å²) in [5.41, 5.74) is 1.14. The Bertz CT molecular complexity index is 411. The van der Waals surface area contributed by atoms with Gasteiger partial charge in [-0.3, -0.25) is 0 Å². The second-order valence-corrected chi connectivity index (χ2v) is 11.7. The smallest absolute Gasteiger partial charge is 0.192 e. The third-order valence-corrected chi connectivity index (χ3v) is 8.90. The highest BCUT2D eigenvalue weighted by atomic mass is 79.9. The molecule has 0 radical (unpaired) electrons. The van der Waals surface area contributed by atoms with Crippen molar-refractivity contribution in [1.29, 1.82) is 0 Å². The highest BCUT2D eigenvalue weighted by Gasteiger charge is 2.37. The van der Waals surface area contributed by atoms with Crippen LogP contribution in [0.3, 0.4) is 0 Å². The second kappa shape index (κ2) is 5.76. The Morgan fingerprint density at radius 3 is 2.33 bits per heavy atom. The zero-order chi connectivity index (χ0) is 14.0. The number of ether oxygens (including phenoxy) is 1. The van der Waals surface area contributed by atoms with Gasteiger partial charge in [0.25, 0.3) is 0 Å². The van der Waals surface area contributed by atoms with E-state index in [0.29, 0.717) is 6.61 Å². The van der Waals surface area contributed by atoms with E-state index in [9.17, 15) is 0 Å². The normalized spacial score (nSPS) is 12.6. The van der Waals surface area contributed by atoms with Crippen LogP contribution in [0, 0.1) is 0 Å². The van der Waals surface area contributed by atoms with Crippen LogP contribution in [0.5, 0.6) is 5.75 Å². The molecule has 102 valence electrons. The number of hydrogen-bond acceptors (Lipinski definition) is 2. The first-order valence-electron chi connectivity index (χ1n) is 6.14. The molecule has 4 heteroatoms. The fourth-order valence-corrected chi connectivity index (χ4v) is 2.57. The van der Waals surface area contributed by atoms with E-state index in [-0.39, 0.29) is 5.04 Å². The molecule has 0 aromatic heterocycles. The average molecular weight is 331 g/mol. The van der Waals surface area contributed by atoms with Crippen LogP contribution in [0.2, 0.25) is 18.1 Å². The molecule has 2 nitrogen and oxygen atoms in total. The van der Waals surface area contributed by atoms with E-state index in [1.807, 2.05) is 18.2 Å². The van der Waals surface area contributed by atoms with Gasteiger partial charge in [0, 0.05) is 4.47 Å². The first-order chi connectivity index (χ1) is 8.17. The van der Waals surface area contributed by atoms with Crippen molar-refractivity contribution in [3.8, 4) is 5.75 Å². The summed E-state index contributed by atoms with van der Waals surface area (Å²) >= 11 is 3.56. The largest absolute Gasteiger partial charge is 0.497 e. The highest BCUT2D eigenvalue weighted by molar-refractivity contribution is 9.10. The molecule has 0 amide bonds. The van der Waals surface area contributed by atoms with E-state index in [4.69, 9.17) is 9.16 Å². The summed E-state index contributed by atoms with van der Waals surface area (Å²) in [5, 5.41) is 0.234. The summed E-state index contributed by atoms with van der Waals surface area (Å²) in [6, 6.07) is 5.97. The minimum Gasteiger partial charge on any atom is -0.497 e. The molecule has 0 heterocycles. The number of hydrogen-bond donors (Lipinski definition) is 0. The number of rotatable bonds is 4. The van der Waals surface area contributed by atoms with Crippen molar-refractivity contribution in [2.75, 3.05) is 7.11 Å². The van der Waals surface area contributed by atoms with E-state index in [1.54, 1.807) is 7.11 Å². The standard InChI is InChI=1S/C14H23BrO2Si/c1-14(2,3)18(5,6)17-10-11-9-12(16-4)7-8-13(11)15/h7-9H,10H2,1-6H3. The molecule has 0 atom stereocenters.